The van der Waals surface area contributed by atoms with Gasteiger partial charge in [0.15, 0.2) is 11.6 Å². The molecule has 4 aliphatic rings. The zero-order chi connectivity index (χ0) is 18.4. The first kappa shape index (κ1) is 17.4. The smallest absolute Gasteiger partial charge is 0.168 e. The number of allylic oxidation sites excluding steroid dienone is 1. The molecule has 5 heteroatoms. The van der Waals surface area contributed by atoms with E-state index in [1.165, 1.54) is 0 Å². The first-order chi connectivity index (χ1) is 11.6. The quantitative estimate of drug-likeness (QED) is 0.620. The molecule has 0 aromatic carbocycles. The Bertz CT molecular complexity index is 667. The van der Waals surface area contributed by atoms with E-state index in [1.54, 1.807) is 0 Å². The molecule has 0 amide bonds. The van der Waals surface area contributed by atoms with Crippen molar-refractivity contribution in [3.63, 3.8) is 0 Å². The Labute approximate surface area is 148 Å². The van der Waals surface area contributed by atoms with Crippen LogP contribution >= 0.6 is 0 Å². The van der Waals surface area contributed by atoms with E-state index in [9.17, 15) is 24.9 Å². The highest BCUT2D eigenvalue weighted by molar-refractivity contribution is 6.08. The van der Waals surface area contributed by atoms with Gasteiger partial charge in [-0.15, -0.1) is 0 Å². The second-order valence-electron chi connectivity index (χ2n) is 9.48. The predicted molar refractivity (Wildman–Crippen MR) is 90.5 cm³/mol. The fourth-order valence-electron chi connectivity index (χ4n) is 7.13. The van der Waals surface area contributed by atoms with Crippen molar-refractivity contribution in [1.29, 1.82) is 0 Å². The summed E-state index contributed by atoms with van der Waals surface area (Å²) in [6, 6.07) is 0. The van der Waals surface area contributed by atoms with E-state index < -0.39 is 34.4 Å². The van der Waals surface area contributed by atoms with Gasteiger partial charge in [0.1, 0.15) is 6.10 Å². The third-order valence-electron chi connectivity index (χ3n) is 8.18. The minimum Gasteiger partial charge on any atom is -0.396 e. The molecule has 0 aromatic rings. The van der Waals surface area contributed by atoms with Crippen molar-refractivity contribution in [3.8, 4) is 0 Å². The molecule has 7 atom stereocenters. The number of carbonyl (C=O) groups is 2. The van der Waals surface area contributed by atoms with Crippen LogP contribution in [0.25, 0.3) is 0 Å². The number of aliphatic hydroxyl groups excluding tert-OH is 3. The minimum atomic E-state index is -1.36. The van der Waals surface area contributed by atoms with Crippen LogP contribution in [-0.4, -0.2) is 45.7 Å². The van der Waals surface area contributed by atoms with E-state index in [0.29, 0.717) is 31.3 Å². The second-order valence-corrected chi connectivity index (χ2v) is 9.48. The lowest BCUT2D eigenvalue weighted by Crippen LogP contribution is -2.72. The Hall–Kier alpha value is -1.04. The van der Waals surface area contributed by atoms with Crippen molar-refractivity contribution in [2.75, 3.05) is 6.61 Å². The molecule has 0 aliphatic heterocycles. The van der Waals surface area contributed by atoms with Crippen molar-refractivity contribution in [2.45, 2.75) is 58.2 Å². The maximum atomic E-state index is 13.3. The van der Waals surface area contributed by atoms with Gasteiger partial charge in [-0.05, 0) is 54.9 Å². The standard InChI is InChI=1S/C20H28O5/c1-10-11-4-5-12-19(8-11,16(10)24)17(25)14(23)15-18(2,3)7-6-13(22)20(12,15)9-21/h11-13,15,17,21-22,25H,1,4-9H2,2-3H3/t11-,12-,13-,15+,17-,19+,20-/m1/s1. The molecular formula is C20H28O5. The molecule has 4 saturated carbocycles. The Morgan fingerprint density at radius 2 is 1.84 bits per heavy atom. The molecule has 0 radical (unpaired) electrons. The molecule has 4 rings (SSSR count). The molecule has 0 heterocycles. The average Bonchev–Trinajstić information content (AvgIpc) is 2.77. The normalized spacial score (nSPS) is 51.2. The summed E-state index contributed by atoms with van der Waals surface area (Å²) in [4.78, 5) is 26.4. The highest BCUT2D eigenvalue weighted by Crippen LogP contribution is 2.70. The lowest BCUT2D eigenvalue weighted by Gasteiger charge is -2.65. The average molecular weight is 348 g/mol. The highest BCUT2D eigenvalue weighted by atomic mass is 16.3. The zero-order valence-electron chi connectivity index (χ0n) is 15.0. The fraction of sp³-hybridized carbons (Fsp3) is 0.800. The fourth-order valence-corrected chi connectivity index (χ4v) is 7.13. The van der Waals surface area contributed by atoms with Crippen LogP contribution in [0.4, 0.5) is 0 Å². The molecule has 4 fully saturated rings. The van der Waals surface area contributed by atoms with Gasteiger partial charge in [0.2, 0.25) is 0 Å². The van der Waals surface area contributed by atoms with Crippen molar-refractivity contribution in [2.24, 2.45) is 34.0 Å². The van der Waals surface area contributed by atoms with Gasteiger partial charge in [-0.25, -0.2) is 0 Å². The second kappa shape index (κ2) is 5.02. The van der Waals surface area contributed by atoms with Crippen molar-refractivity contribution >= 4 is 11.6 Å². The summed E-state index contributed by atoms with van der Waals surface area (Å²) >= 11 is 0. The molecule has 0 saturated heterocycles. The molecule has 0 aromatic heterocycles. The van der Waals surface area contributed by atoms with Crippen molar-refractivity contribution in [3.05, 3.63) is 12.2 Å². The number of aliphatic hydroxyl groups is 3. The highest BCUT2D eigenvalue weighted by Gasteiger charge is 2.75. The first-order valence-electron chi connectivity index (χ1n) is 9.39. The summed E-state index contributed by atoms with van der Waals surface area (Å²) in [5, 5.41) is 32.5. The Morgan fingerprint density at radius 3 is 2.48 bits per heavy atom. The molecule has 1 spiro atoms. The van der Waals surface area contributed by atoms with Crippen LogP contribution in [0.15, 0.2) is 12.2 Å². The van der Waals surface area contributed by atoms with Gasteiger partial charge in [-0.1, -0.05) is 20.4 Å². The Morgan fingerprint density at radius 1 is 1.16 bits per heavy atom. The van der Waals surface area contributed by atoms with Crippen molar-refractivity contribution in [1.82, 2.24) is 0 Å². The number of rotatable bonds is 1. The molecular weight excluding hydrogens is 320 g/mol. The van der Waals surface area contributed by atoms with E-state index in [4.69, 9.17) is 0 Å². The van der Waals surface area contributed by atoms with E-state index in [1.807, 2.05) is 13.8 Å². The lowest BCUT2D eigenvalue weighted by atomic mass is 9.39. The van der Waals surface area contributed by atoms with Crippen LogP contribution in [0.3, 0.4) is 0 Å². The topological polar surface area (TPSA) is 94.8 Å². The van der Waals surface area contributed by atoms with Gasteiger partial charge in [0.05, 0.1) is 18.1 Å². The van der Waals surface area contributed by atoms with Crippen LogP contribution in [0.1, 0.15) is 46.0 Å². The minimum absolute atomic E-state index is 0.00670. The van der Waals surface area contributed by atoms with Gasteiger partial charge in [0, 0.05) is 11.3 Å². The first-order valence-corrected chi connectivity index (χ1v) is 9.39. The summed E-state index contributed by atoms with van der Waals surface area (Å²) in [5.41, 5.74) is -2.18. The van der Waals surface area contributed by atoms with Crippen LogP contribution in [0.5, 0.6) is 0 Å². The maximum Gasteiger partial charge on any atom is 0.168 e. The zero-order valence-corrected chi connectivity index (χ0v) is 15.0. The number of hydrogen-bond donors (Lipinski definition) is 3. The number of hydrogen-bond acceptors (Lipinski definition) is 5. The summed E-state index contributed by atoms with van der Waals surface area (Å²) in [7, 11) is 0. The van der Waals surface area contributed by atoms with Gasteiger partial charge in [-0.2, -0.15) is 0 Å². The molecule has 4 aliphatic carbocycles. The molecule has 2 bridgehead atoms. The van der Waals surface area contributed by atoms with E-state index in [-0.39, 0.29) is 30.0 Å². The summed E-state index contributed by atoms with van der Waals surface area (Å²) < 4.78 is 0. The summed E-state index contributed by atoms with van der Waals surface area (Å²) in [6.45, 7) is 7.53. The van der Waals surface area contributed by atoms with E-state index in [2.05, 4.69) is 6.58 Å². The van der Waals surface area contributed by atoms with Crippen LogP contribution in [-0.2, 0) is 9.59 Å². The Balaban J connectivity index is 1.97. The van der Waals surface area contributed by atoms with Crippen molar-refractivity contribution < 1.29 is 24.9 Å². The molecule has 5 nitrogen and oxygen atoms in total. The van der Waals surface area contributed by atoms with Crippen LogP contribution in [0, 0.1) is 34.0 Å². The molecule has 25 heavy (non-hydrogen) atoms. The lowest BCUT2D eigenvalue weighted by molar-refractivity contribution is -0.236. The Kier molecular flexibility index (Phi) is 3.49. The SMILES string of the molecule is C=C1C(=O)[C@]23C[C@H]1CC[C@H]2[C@]1(CO)[C@H](O)CCC(C)(C)[C@@H]1C(=O)[C@H]3O. The third-order valence-corrected chi connectivity index (χ3v) is 8.18. The largest absolute Gasteiger partial charge is 0.396 e. The van der Waals surface area contributed by atoms with Crippen LogP contribution in [0.2, 0.25) is 0 Å². The van der Waals surface area contributed by atoms with Crippen LogP contribution < -0.4 is 0 Å². The number of carbonyl (C=O) groups excluding carboxylic acids is 2. The van der Waals surface area contributed by atoms with Gasteiger partial charge in [-0.3, -0.25) is 9.59 Å². The number of ketones is 2. The monoisotopic (exact) mass is 348 g/mol. The van der Waals surface area contributed by atoms with Gasteiger partial charge < -0.3 is 15.3 Å². The maximum absolute atomic E-state index is 13.3. The molecule has 3 N–H and O–H groups in total. The van der Waals surface area contributed by atoms with Gasteiger partial charge >= 0.3 is 0 Å². The predicted octanol–water partition coefficient (Wildman–Crippen LogP) is 1.25. The molecule has 138 valence electrons. The number of Topliss-reactive ketones (excluding diaryl/α,β-unsaturated/α-hetero) is 2. The summed E-state index contributed by atoms with van der Waals surface area (Å²) in [6.07, 6.45) is 0.766. The van der Waals surface area contributed by atoms with Gasteiger partial charge in [0.25, 0.3) is 0 Å². The van der Waals surface area contributed by atoms with E-state index >= 15 is 0 Å². The number of fused-ring (bicyclic) bond motifs is 3. The summed E-state index contributed by atoms with van der Waals surface area (Å²) in [5.74, 6) is -1.62. The third kappa shape index (κ3) is 1.75. The molecule has 0 unspecified atom stereocenters. The van der Waals surface area contributed by atoms with E-state index in [0.717, 1.165) is 6.42 Å².